The Bertz CT molecular complexity index is 976. The monoisotopic (exact) mass is 390 g/mol. The fraction of sp³-hybridized carbons (Fsp3) is 0.304. The van der Waals surface area contributed by atoms with Crippen molar-refractivity contribution in [1.82, 2.24) is 14.7 Å². The Kier molecular flexibility index (Phi) is 5.51. The Balaban J connectivity index is 1.46. The number of piperazine rings is 1. The van der Waals surface area contributed by atoms with Gasteiger partial charge in [0.25, 0.3) is 5.91 Å². The van der Waals surface area contributed by atoms with E-state index in [0.29, 0.717) is 25.3 Å². The van der Waals surface area contributed by atoms with Crippen LogP contribution in [-0.2, 0) is 0 Å². The van der Waals surface area contributed by atoms with Crippen molar-refractivity contribution in [3.8, 4) is 11.4 Å². The van der Waals surface area contributed by atoms with Crippen LogP contribution >= 0.6 is 0 Å². The highest BCUT2D eigenvalue weighted by Crippen LogP contribution is 2.29. The summed E-state index contributed by atoms with van der Waals surface area (Å²) in [5, 5.41) is 4.44. The van der Waals surface area contributed by atoms with E-state index in [4.69, 9.17) is 4.74 Å². The lowest BCUT2D eigenvalue weighted by atomic mass is 10.2. The minimum absolute atomic E-state index is 0.0439. The van der Waals surface area contributed by atoms with Crippen molar-refractivity contribution < 1.29 is 9.53 Å². The Morgan fingerprint density at radius 2 is 1.69 bits per heavy atom. The molecule has 0 spiro atoms. The third kappa shape index (κ3) is 3.83. The van der Waals surface area contributed by atoms with E-state index in [2.05, 4.69) is 16.1 Å². The summed E-state index contributed by atoms with van der Waals surface area (Å²) in [6.07, 6.45) is 1.68. The van der Waals surface area contributed by atoms with Gasteiger partial charge in [-0.25, -0.2) is 4.68 Å². The maximum absolute atomic E-state index is 13.1. The summed E-state index contributed by atoms with van der Waals surface area (Å²) in [6.45, 7) is 7.49. The molecule has 0 aliphatic carbocycles. The zero-order chi connectivity index (χ0) is 20.2. The summed E-state index contributed by atoms with van der Waals surface area (Å²) >= 11 is 0. The number of benzene rings is 2. The summed E-state index contributed by atoms with van der Waals surface area (Å²) in [5.74, 6) is 0.942. The highest BCUT2D eigenvalue weighted by molar-refractivity contribution is 5.95. The summed E-state index contributed by atoms with van der Waals surface area (Å²) in [5.41, 5.74) is 3.58. The first kappa shape index (κ1) is 19.1. The number of carbonyl (C=O) groups is 1. The molecule has 0 N–H and O–H groups in total. The first-order valence-corrected chi connectivity index (χ1v) is 10.0. The summed E-state index contributed by atoms with van der Waals surface area (Å²) in [6, 6.07) is 18.0. The molecule has 0 saturated carbocycles. The molecule has 1 aromatic heterocycles. The van der Waals surface area contributed by atoms with E-state index in [1.165, 1.54) is 0 Å². The summed E-state index contributed by atoms with van der Waals surface area (Å²) in [4.78, 5) is 17.3. The third-order valence-corrected chi connectivity index (χ3v) is 5.31. The van der Waals surface area contributed by atoms with Crippen LogP contribution in [0.1, 0.15) is 23.0 Å². The molecule has 150 valence electrons. The largest absolute Gasteiger partial charge is 0.492 e. The second kappa shape index (κ2) is 8.39. The maximum Gasteiger partial charge on any atom is 0.257 e. The van der Waals surface area contributed by atoms with E-state index in [0.717, 1.165) is 35.9 Å². The lowest BCUT2D eigenvalue weighted by molar-refractivity contribution is 0.0746. The molecule has 3 aromatic rings. The van der Waals surface area contributed by atoms with Crippen molar-refractivity contribution in [2.75, 3.05) is 37.7 Å². The average Bonchev–Trinajstić information content (AvgIpc) is 3.16. The minimum atomic E-state index is 0.0439. The van der Waals surface area contributed by atoms with Gasteiger partial charge in [0, 0.05) is 26.2 Å². The number of amides is 1. The molecule has 29 heavy (non-hydrogen) atoms. The van der Waals surface area contributed by atoms with Crippen molar-refractivity contribution in [2.24, 2.45) is 0 Å². The van der Waals surface area contributed by atoms with Crippen LogP contribution in [-0.4, -0.2) is 53.4 Å². The molecule has 2 heterocycles. The minimum Gasteiger partial charge on any atom is -0.492 e. The Labute approximate surface area is 171 Å². The Hall–Kier alpha value is -3.28. The Morgan fingerprint density at radius 1 is 1.00 bits per heavy atom. The molecule has 6 nitrogen and oxygen atoms in total. The zero-order valence-corrected chi connectivity index (χ0v) is 16.9. The lowest BCUT2D eigenvalue weighted by Gasteiger charge is -2.36. The van der Waals surface area contributed by atoms with Crippen LogP contribution in [0.5, 0.6) is 5.75 Å². The van der Waals surface area contributed by atoms with Crippen molar-refractivity contribution in [1.29, 1.82) is 0 Å². The number of hydrogen-bond donors (Lipinski definition) is 0. The molecule has 0 radical (unpaired) electrons. The number of nitrogens with zero attached hydrogens (tertiary/aromatic N) is 4. The molecule has 1 saturated heterocycles. The standard InChI is InChI=1S/C23H26N4O2/c1-3-29-22-12-8-7-11-21(22)25-13-15-26(16-14-25)23(28)20-17-24-27(18(20)2)19-9-5-4-6-10-19/h4-12,17H,3,13-16H2,1-2H3. The number of anilines is 1. The summed E-state index contributed by atoms with van der Waals surface area (Å²) in [7, 11) is 0. The average molecular weight is 390 g/mol. The van der Waals surface area contributed by atoms with Gasteiger partial charge in [-0.2, -0.15) is 5.10 Å². The molecule has 1 aliphatic heterocycles. The van der Waals surface area contributed by atoms with Gasteiger partial charge in [-0.15, -0.1) is 0 Å². The molecule has 0 atom stereocenters. The van der Waals surface area contributed by atoms with Crippen LogP contribution in [0.15, 0.2) is 60.8 Å². The molecule has 2 aromatic carbocycles. The van der Waals surface area contributed by atoms with Gasteiger partial charge in [0.05, 0.1) is 35.4 Å². The van der Waals surface area contributed by atoms with E-state index in [1.807, 2.05) is 72.0 Å². The van der Waals surface area contributed by atoms with Crippen LogP contribution in [0.4, 0.5) is 5.69 Å². The smallest absolute Gasteiger partial charge is 0.257 e. The van der Waals surface area contributed by atoms with Crippen LogP contribution in [0.2, 0.25) is 0 Å². The zero-order valence-electron chi connectivity index (χ0n) is 16.9. The maximum atomic E-state index is 13.1. The molecule has 1 aliphatic rings. The van der Waals surface area contributed by atoms with E-state index in [9.17, 15) is 4.79 Å². The fourth-order valence-corrected chi connectivity index (χ4v) is 3.77. The van der Waals surface area contributed by atoms with Crippen LogP contribution in [0.25, 0.3) is 5.69 Å². The second-order valence-electron chi connectivity index (χ2n) is 7.07. The van der Waals surface area contributed by atoms with E-state index < -0.39 is 0 Å². The molecule has 4 rings (SSSR count). The van der Waals surface area contributed by atoms with Gasteiger partial charge in [-0.3, -0.25) is 4.79 Å². The predicted molar refractivity (Wildman–Crippen MR) is 114 cm³/mol. The van der Waals surface area contributed by atoms with E-state index in [-0.39, 0.29) is 5.91 Å². The first-order valence-electron chi connectivity index (χ1n) is 10.0. The fourth-order valence-electron chi connectivity index (χ4n) is 3.77. The molecule has 1 amide bonds. The summed E-state index contributed by atoms with van der Waals surface area (Å²) < 4.78 is 7.58. The molecule has 6 heteroatoms. The number of rotatable bonds is 5. The Morgan fingerprint density at radius 3 is 2.41 bits per heavy atom. The van der Waals surface area contributed by atoms with Gasteiger partial charge < -0.3 is 14.5 Å². The first-order chi connectivity index (χ1) is 14.2. The predicted octanol–water partition coefficient (Wildman–Crippen LogP) is 3.54. The SMILES string of the molecule is CCOc1ccccc1N1CCN(C(=O)c2cnn(-c3ccccc3)c2C)CC1. The normalized spacial score (nSPS) is 14.1. The van der Waals surface area contributed by atoms with Crippen LogP contribution < -0.4 is 9.64 Å². The second-order valence-corrected chi connectivity index (χ2v) is 7.07. The van der Waals surface area contributed by atoms with Crippen molar-refractivity contribution >= 4 is 11.6 Å². The quantitative estimate of drug-likeness (QED) is 0.669. The molecular weight excluding hydrogens is 364 g/mol. The highest BCUT2D eigenvalue weighted by atomic mass is 16.5. The molecule has 0 unspecified atom stereocenters. The number of carbonyl (C=O) groups excluding carboxylic acids is 1. The molecule has 1 fully saturated rings. The topological polar surface area (TPSA) is 50.6 Å². The van der Waals surface area contributed by atoms with E-state index in [1.54, 1.807) is 6.20 Å². The van der Waals surface area contributed by atoms with Gasteiger partial charge in [0.2, 0.25) is 0 Å². The number of ether oxygens (including phenoxy) is 1. The number of aromatic nitrogens is 2. The van der Waals surface area contributed by atoms with Gasteiger partial charge in [-0.05, 0) is 38.1 Å². The highest BCUT2D eigenvalue weighted by Gasteiger charge is 2.26. The van der Waals surface area contributed by atoms with Crippen molar-refractivity contribution in [3.05, 3.63) is 72.1 Å². The lowest BCUT2D eigenvalue weighted by Crippen LogP contribution is -2.49. The van der Waals surface area contributed by atoms with Gasteiger partial charge in [0.1, 0.15) is 5.75 Å². The third-order valence-electron chi connectivity index (χ3n) is 5.31. The van der Waals surface area contributed by atoms with Crippen LogP contribution in [0.3, 0.4) is 0 Å². The molecular formula is C23H26N4O2. The van der Waals surface area contributed by atoms with Gasteiger partial charge in [0.15, 0.2) is 0 Å². The van der Waals surface area contributed by atoms with Crippen LogP contribution in [0, 0.1) is 6.92 Å². The van der Waals surface area contributed by atoms with Crippen molar-refractivity contribution in [2.45, 2.75) is 13.8 Å². The molecule has 0 bridgehead atoms. The number of para-hydroxylation sites is 3. The number of hydrogen-bond acceptors (Lipinski definition) is 4. The van der Waals surface area contributed by atoms with E-state index >= 15 is 0 Å². The van der Waals surface area contributed by atoms with Gasteiger partial charge >= 0.3 is 0 Å². The van der Waals surface area contributed by atoms with Crippen molar-refractivity contribution in [3.63, 3.8) is 0 Å². The van der Waals surface area contributed by atoms with Gasteiger partial charge in [-0.1, -0.05) is 30.3 Å².